The summed E-state index contributed by atoms with van der Waals surface area (Å²) in [6.07, 6.45) is 4.05. The molecule has 2 aromatic rings. The summed E-state index contributed by atoms with van der Waals surface area (Å²) in [4.78, 5) is 13.2. The van der Waals surface area contributed by atoms with Gasteiger partial charge in [0, 0.05) is 5.92 Å². The van der Waals surface area contributed by atoms with Crippen molar-refractivity contribution in [3.63, 3.8) is 0 Å². The normalized spacial score (nSPS) is 20.2. The minimum atomic E-state index is -0.0573. The molecule has 30 heavy (non-hydrogen) atoms. The minimum Gasteiger partial charge on any atom is -0.497 e. The topological polar surface area (TPSA) is 50.4 Å². The third kappa shape index (κ3) is 4.98. The van der Waals surface area contributed by atoms with Crippen molar-refractivity contribution in [3.8, 4) is 5.75 Å². The Morgan fingerprint density at radius 1 is 1.17 bits per heavy atom. The minimum absolute atomic E-state index is 0. The summed E-state index contributed by atoms with van der Waals surface area (Å²) >= 11 is 0. The molecular formula is C25H33ClN2O2. The lowest BCUT2D eigenvalue weighted by molar-refractivity contribution is -0.124. The van der Waals surface area contributed by atoms with Gasteiger partial charge in [-0.2, -0.15) is 0 Å². The first-order valence-corrected chi connectivity index (χ1v) is 10.7. The van der Waals surface area contributed by atoms with Crippen LogP contribution in [0.5, 0.6) is 5.75 Å². The van der Waals surface area contributed by atoms with Crippen LogP contribution in [0.25, 0.3) is 0 Å². The highest BCUT2D eigenvalue weighted by atomic mass is 35.5. The van der Waals surface area contributed by atoms with Crippen LogP contribution in [0, 0.1) is 25.2 Å². The van der Waals surface area contributed by atoms with Crippen LogP contribution in [0.1, 0.15) is 47.6 Å². The van der Waals surface area contributed by atoms with Gasteiger partial charge in [-0.1, -0.05) is 41.5 Å². The van der Waals surface area contributed by atoms with E-state index in [1.807, 2.05) is 18.2 Å². The van der Waals surface area contributed by atoms with E-state index in [0.717, 1.165) is 50.1 Å². The third-order valence-electron chi connectivity index (χ3n) is 6.64. The van der Waals surface area contributed by atoms with Gasteiger partial charge in [-0.3, -0.25) is 4.79 Å². The van der Waals surface area contributed by atoms with Crippen LogP contribution >= 0.6 is 12.4 Å². The molecule has 4 nitrogen and oxygen atoms in total. The second-order valence-corrected chi connectivity index (χ2v) is 8.91. The Bertz CT molecular complexity index is 872. The molecule has 1 saturated carbocycles. The van der Waals surface area contributed by atoms with Crippen molar-refractivity contribution >= 4 is 18.3 Å². The summed E-state index contributed by atoms with van der Waals surface area (Å²) in [6.45, 7) is 6.32. The monoisotopic (exact) mass is 428 g/mol. The van der Waals surface area contributed by atoms with Gasteiger partial charge in [0.15, 0.2) is 0 Å². The number of rotatable bonds is 6. The van der Waals surface area contributed by atoms with Gasteiger partial charge in [0.05, 0.1) is 13.2 Å². The molecule has 2 fully saturated rings. The average molecular weight is 429 g/mol. The standard InChI is InChI=1S/C25H32N2O2.ClH/c1-17-11-18(2)13-19(12-17)14-23(20-5-4-6-21(15-20)29-3)27-24(28)22-16-25(22)7-9-26-10-8-25;/h4-6,11-13,15,22-23,26H,7-10,14,16H2,1-3H3,(H,27,28);1H. The Morgan fingerprint density at radius 2 is 1.87 bits per heavy atom. The number of hydrogen-bond donors (Lipinski definition) is 2. The van der Waals surface area contributed by atoms with Gasteiger partial charge < -0.3 is 15.4 Å². The Kier molecular flexibility index (Phi) is 7.10. The molecule has 1 aliphatic carbocycles. The number of aryl methyl sites for hydroxylation is 2. The predicted octanol–water partition coefficient (Wildman–Crippen LogP) is 4.52. The highest BCUT2D eigenvalue weighted by Crippen LogP contribution is 2.58. The molecule has 2 aliphatic rings. The van der Waals surface area contributed by atoms with Gasteiger partial charge in [0.2, 0.25) is 5.91 Å². The lowest BCUT2D eigenvalue weighted by atomic mass is 9.91. The van der Waals surface area contributed by atoms with Crippen LogP contribution in [0.4, 0.5) is 0 Å². The predicted molar refractivity (Wildman–Crippen MR) is 123 cm³/mol. The van der Waals surface area contributed by atoms with Gasteiger partial charge in [-0.05, 0) is 81.3 Å². The molecule has 1 heterocycles. The largest absolute Gasteiger partial charge is 0.497 e. The average Bonchev–Trinajstić information content (AvgIpc) is 3.40. The van der Waals surface area contributed by atoms with Crippen LogP contribution in [-0.2, 0) is 11.2 Å². The summed E-state index contributed by atoms with van der Waals surface area (Å²) in [6, 6.07) is 14.6. The number of ether oxygens (including phenoxy) is 1. The third-order valence-corrected chi connectivity index (χ3v) is 6.64. The van der Waals surface area contributed by atoms with Crippen molar-refractivity contribution in [3.05, 3.63) is 64.7 Å². The van der Waals surface area contributed by atoms with Crippen molar-refractivity contribution in [1.82, 2.24) is 10.6 Å². The van der Waals surface area contributed by atoms with Crippen LogP contribution in [0.3, 0.4) is 0 Å². The highest BCUT2D eigenvalue weighted by molar-refractivity contribution is 5.85. The molecule has 5 heteroatoms. The van der Waals surface area contributed by atoms with Crippen LogP contribution in [0.2, 0.25) is 0 Å². The Balaban J connectivity index is 0.00000256. The zero-order chi connectivity index (χ0) is 20.4. The van der Waals surface area contributed by atoms with E-state index in [2.05, 4.69) is 48.7 Å². The molecule has 2 unspecified atom stereocenters. The number of halogens is 1. The molecule has 2 N–H and O–H groups in total. The quantitative estimate of drug-likeness (QED) is 0.711. The Morgan fingerprint density at radius 3 is 2.53 bits per heavy atom. The highest BCUT2D eigenvalue weighted by Gasteiger charge is 2.57. The van der Waals surface area contributed by atoms with Crippen molar-refractivity contribution in [2.45, 2.75) is 45.6 Å². The van der Waals surface area contributed by atoms with Crippen molar-refractivity contribution in [1.29, 1.82) is 0 Å². The van der Waals surface area contributed by atoms with E-state index in [9.17, 15) is 4.79 Å². The first-order valence-electron chi connectivity index (χ1n) is 10.7. The first-order chi connectivity index (χ1) is 14.0. The molecule has 1 aliphatic heterocycles. The van der Waals surface area contributed by atoms with E-state index in [4.69, 9.17) is 4.74 Å². The molecule has 0 aromatic heterocycles. The summed E-state index contributed by atoms with van der Waals surface area (Å²) in [5.74, 6) is 1.20. The van der Waals surface area contributed by atoms with Gasteiger partial charge in [-0.15, -0.1) is 12.4 Å². The van der Waals surface area contributed by atoms with Gasteiger partial charge >= 0.3 is 0 Å². The number of hydrogen-bond acceptors (Lipinski definition) is 3. The SMILES string of the molecule is COc1cccc(C(Cc2cc(C)cc(C)c2)NC(=O)C2CC23CCNCC3)c1.Cl. The zero-order valence-electron chi connectivity index (χ0n) is 18.2. The number of piperidine rings is 1. The van der Waals surface area contributed by atoms with Crippen molar-refractivity contribution in [2.24, 2.45) is 11.3 Å². The molecule has 4 rings (SSSR count). The van der Waals surface area contributed by atoms with Gasteiger partial charge in [0.1, 0.15) is 5.75 Å². The maximum absolute atomic E-state index is 13.2. The fourth-order valence-electron chi connectivity index (χ4n) is 5.00. The molecule has 2 atom stereocenters. The van der Waals surface area contributed by atoms with Crippen LogP contribution in [-0.4, -0.2) is 26.1 Å². The molecule has 0 bridgehead atoms. The zero-order valence-corrected chi connectivity index (χ0v) is 19.0. The number of amides is 1. The fraction of sp³-hybridized carbons (Fsp3) is 0.480. The second-order valence-electron chi connectivity index (χ2n) is 8.91. The number of carbonyl (C=O) groups excluding carboxylic acids is 1. The molecule has 2 aromatic carbocycles. The number of carbonyl (C=O) groups is 1. The summed E-state index contributed by atoms with van der Waals surface area (Å²) in [5.41, 5.74) is 5.10. The van der Waals surface area contributed by atoms with E-state index in [0.29, 0.717) is 0 Å². The smallest absolute Gasteiger partial charge is 0.224 e. The fourth-order valence-corrected chi connectivity index (χ4v) is 5.00. The van der Waals surface area contributed by atoms with E-state index in [-0.39, 0.29) is 35.7 Å². The van der Waals surface area contributed by atoms with E-state index < -0.39 is 0 Å². The molecule has 0 radical (unpaired) electrons. The van der Waals surface area contributed by atoms with Crippen LogP contribution in [0.15, 0.2) is 42.5 Å². The maximum atomic E-state index is 13.2. The first kappa shape index (κ1) is 22.6. The lowest BCUT2D eigenvalue weighted by Gasteiger charge is -2.25. The van der Waals surface area contributed by atoms with E-state index in [1.54, 1.807) is 7.11 Å². The summed E-state index contributed by atoms with van der Waals surface area (Å²) in [7, 11) is 1.68. The summed E-state index contributed by atoms with van der Waals surface area (Å²) in [5, 5.41) is 6.81. The Hall–Kier alpha value is -2.04. The van der Waals surface area contributed by atoms with Crippen molar-refractivity contribution < 1.29 is 9.53 Å². The maximum Gasteiger partial charge on any atom is 0.224 e. The van der Waals surface area contributed by atoms with E-state index >= 15 is 0 Å². The molecule has 1 amide bonds. The summed E-state index contributed by atoms with van der Waals surface area (Å²) < 4.78 is 5.43. The number of methoxy groups -OCH3 is 1. The number of benzene rings is 2. The molecule has 1 spiro atoms. The van der Waals surface area contributed by atoms with Crippen molar-refractivity contribution in [2.75, 3.05) is 20.2 Å². The number of nitrogens with one attached hydrogen (secondary N) is 2. The van der Waals surface area contributed by atoms with Gasteiger partial charge in [-0.25, -0.2) is 0 Å². The van der Waals surface area contributed by atoms with Gasteiger partial charge in [0.25, 0.3) is 0 Å². The molecule has 1 saturated heterocycles. The van der Waals surface area contributed by atoms with Crippen LogP contribution < -0.4 is 15.4 Å². The van der Waals surface area contributed by atoms with E-state index in [1.165, 1.54) is 16.7 Å². The second kappa shape index (κ2) is 9.40. The Labute approximate surface area is 186 Å². The molecule has 162 valence electrons. The lowest BCUT2D eigenvalue weighted by Crippen LogP contribution is -2.35. The molecular weight excluding hydrogens is 396 g/mol.